The number of hydrogen-bond donors (Lipinski definition) is 2. The van der Waals surface area contributed by atoms with E-state index >= 15 is 0 Å². The number of allylic oxidation sites excluding steroid dienone is 6. The smallest absolute Gasteiger partial charge is 0.462 e. The minimum atomic E-state index is -4.38. The third-order valence-electron chi connectivity index (χ3n) is 10.5. The molecule has 9 nitrogen and oxygen atoms in total. The maximum absolute atomic E-state index is 12.6. The molecule has 0 fully saturated rings. The number of hydrogen-bond acceptors (Lipinski definition) is 8. The minimum absolute atomic E-state index is 0.0518. The summed E-state index contributed by atoms with van der Waals surface area (Å²) in [7, 11) is -4.38. The maximum atomic E-state index is 12.6. The molecule has 2 unspecified atom stereocenters. The van der Waals surface area contributed by atoms with Crippen molar-refractivity contribution < 1.29 is 37.6 Å². The molecular weight excluding hydrogens is 762 g/mol. The van der Waals surface area contributed by atoms with Crippen LogP contribution in [0, 0.1) is 0 Å². The molecule has 0 aliphatic rings. The summed E-state index contributed by atoms with van der Waals surface area (Å²) in [5, 5.41) is 0. The van der Waals surface area contributed by atoms with E-state index in [0.29, 0.717) is 6.42 Å². The molecule has 10 heteroatoms. The molecule has 59 heavy (non-hydrogen) atoms. The Hall–Kier alpha value is -1.77. The Balaban J connectivity index is 4.07. The molecule has 346 valence electrons. The van der Waals surface area contributed by atoms with Gasteiger partial charge < -0.3 is 20.1 Å². The van der Waals surface area contributed by atoms with Crippen molar-refractivity contribution in [3.63, 3.8) is 0 Å². The van der Waals surface area contributed by atoms with E-state index in [0.717, 1.165) is 51.4 Å². The van der Waals surface area contributed by atoms with Crippen LogP contribution in [0.15, 0.2) is 36.5 Å². The molecule has 0 aliphatic heterocycles. The molecular formula is C49H92NO8P. The first-order valence-electron chi connectivity index (χ1n) is 24.5. The third kappa shape index (κ3) is 45.6. The fraction of sp³-hybridized carbons (Fsp3) is 0.837. The zero-order chi connectivity index (χ0) is 43.2. The van der Waals surface area contributed by atoms with E-state index in [2.05, 4.69) is 50.3 Å². The molecule has 0 saturated heterocycles. The van der Waals surface area contributed by atoms with Crippen molar-refractivity contribution in [3.05, 3.63) is 36.5 Å². The third-order valence-corrected chi connectivity index (χ3v) is 11.5. The first kappa shape index (κ1) is 57.2. The van der Waals surface area contributed by atoms with E-state index < -0.39 is 26.5 Å². The Morgan fingerprint density at radius 1 is 0.508 bits per heavy atom. The number of phosphoric ester groups is 1. The molecule has 0 aromatic rings. The Labute approximate surface area is 363 Å². The molecule has 0 aliphatic carbocycles. The van der Waals surface area contributed by atoms with Gasteiger partial charge in [-0.05, 0) is 70.6 Å². The summed E-state index contributed by atoms with van der Waals surface area (Å²) in [5.74, 6) is -0.833. The van der Waals surface area contributed by atoms with Crippen molar-refractivity contribution >= 4 is 19.8 Å². The molecule has 3 N–H and O–H groups in total. The van der Waals surface area contributed by atoms with Crippen LogP contribution in [0.4, 0.5) is 0 Å². The van der Waals surface area contributed by atoms with E-state index in [1.165, 1.54) is 148 Å². The van der Waals surface area contributed by atoms with Crippen LogP contribution in [0.3, 0.4) is 0 Å². The van der Waals surface area contributed by atoms with Crippen LogP contribution in [-0.2, 0) is 32.7 Å². The molecule has 0 saturated carbocycles. The van der Waals surface area contributed by atoms with Crippen molar-refractivity contribution in [1.82, 2.24) is 0 Å². The summed E-state index contributed by atoms with van der Waals surface area (Å²) in [4.78, 5) is 35.0. The summed E-state index contributed by atoms with van der Waals surface area (Å²) in [6.45, 7) is 3.72. The molecule has 2 atom stereocenters. The zero-order valence-corrected chi connectivity index (χ0v) is 39.1. The Morgan fingerprint density at radius 3 is 1.34 bits per heavy atom. The molecule has 0 radical (unpaired) electrons. The summed E-state index contributed by atoms with van der Waals surface area (Å²) in [6, 6.07) is 0. The first-order chi connectivity index (χ1) is 28.8. The Kier molecular flexibility index (Phi) is 44.4. The number of ether oxygens (including phenoxy) is 2. The zero-order valence-electron chi connectivity index (χ0n) is 38.2. The number of carbonyl (C=O) groups is 2. The van der Waals surface area contributed by atoms with Gasteiger partial charge in [-0.1, -0.05) is 185 Å². The molecule has 0 aromatic heterocycles. The van der Waals surface area contributed by atoms with E-state index in [4.69, 9.17) is 24.3 Å². The van der Waals surface area contributed by atoms with Gasteiger partial charge >= 0.3 is 19.8 Å². The summed E-state index contributed by atoms with van der Waals surface area (Å²) in [5.41, 5.74) is 5.36. The van der Waals surface area contributed by atoms with Gasteiger partial charge in [0.25, 0.3) is 0 Å². The first-order valence-corrected chi connectivity index (χ1v) is 26.0. The van der Waals surface area contributed by atoms with Gasteiger partial charge in [-0.3, -0.25) is 18.6 Å². The standard InChI is InChI=1S/C49H92NO8P/c1-3-5-7-9-11-13-15-17-19-21-22-23-24-26-27-29-31-33-35-37-39-41-48(51)55-45-47(46-57-59(53,54)56-44-43-50)58-49(52)42-40-38-36-34-32-30-28-25-20-18-16-14-12-10-8-6-4-2/h12,14,18,20-22,47H,3-11,13,15-17,19,23-46,50H2,1-2H3,(H,53,54)/b14-12-,20-18-,22-21-. The van der Waals surface area contributed by atoms with Gasteiger partial charge in [-0.2, -0.15) is 0 Å². The molecule has 0 rings (SSSR count). The number of rotatable bonds is 46. The predicted molar refractivity (Wildman–Crippen MR) is 247 cm³/mol. The van der Waals surface area contributed by atoms with Gasteiger partial charge in [0, 0.05) is 19.4 Å². The van der Waals surface area contributed by atoms with E-state index in [1.54, 1.807) is 0 Å². The lowest BCUT2D eigenvalue weighted by atomic mass is 10.1. The number of phosphoric acid groups is 1. The highest BCUT2D eigenvalue weighted by molar-refractivity contribution is 7.47. The molecule has 0 aromatic carbocycles. The van der Waals surface area contributed by atoms with Crippen LogP contribution in [0.5, 0.6) is 0 Å². The molecule has 0 amide bonds. The fourth-order valence-electron chi connectivity index (χ4n) is 6.84. The van der Waals surface area contributed by atoms with Crippen LogP contribution in [0.2, 0.25) is 0 Å². The Bertz CT molecular complexity index is 1060. The second kappa shape index (κ2) is 45.7. The van der Waals surface area contributed by atoms with Crippen molar-refractivity contribution in [3.8, 4) is 0 Å². The van der Waals surface area contributed by atoms with Crippen LogP contribution in [-0.4, -0.2) is 49.3 Å². The van der Waals surface area contributed by atoms with Crippen LogP contribution in [0.25, 0.3) is 0 Å². The summed E-state index contributed by atoms with van der Waals surface area (Å²) < 4.78 is 32.9. The van der Waals surface area contributed by atoms with Crippen LogP contribution < -0.4 is 5.73 Å². The van der Waals surface area contributed by atoms with Gasteiger partial charge in [-0.15, -0.1) is 0 Å². The largest absolute Gasteiger partial charge is 0.472 e. The summed E-state index contributed by atoms with van der Waals surface area (Å²) >= 11 is 0. The average molecular weight is 854 g/mol. The maximum Gasteiger partial charge on any atom is 0.472 e. The fourth-order valence-corrected chi connectivity index (χ4v) is 7.60. The molecule has 0 heterocycles. The van der Waals surface area contributed by atoms with Gasteiger partial charge in [0.05, 0.1) is 13.2 Å². The average Bonchev–Trinajstić information content (AvgIpc) is 3.22. The monoisotopic (exact) mass is 854 g/mol. The van der Waals surface area contributed by atoms with E-state index in [9.17, 15) is 19.0 Å². The van der Waals surface area contributed by atoms with Crippen molar-refractivity contribution in [2.45, 2.75) is 238 Å². The van der Waals surface area contributed by atoms with Gasteiger partial charge in [0.15, 0.2) is 6.10 Å². The van der Waals surface area contributed by atoms with Gasteiger partial charge in [-0.25, -0.2) is 4.57 Å². The number of unbranched alkanes of at least 4 members (excludes halogenated alkanes) is 27. The van der Waals surface area contributed by atoms with E-state index in [1.807, 2.05) is 0 Å². The van der Waals surface area contributed by atoms with Crippen molar-refractivity contribution in [2.75, 3.05) is 26.4 Å². The lowest BCUT2D eigenvalue weighted by Gasteiger charge is -2.19. The second-order valence-electron chi connectivity index (χ2n) is 16.3. The SMILES string of the molecule is CCCCC/C=C\C/C=C\CCCCCCCCCC(=O)OC(COC(=O)CCCCCCCCCCC/C=C\CCCCCCCCCC)COP(=O)(O)OCCN. The number of carbonyl (C=O) groups excluding carboxylic acids is 2. The lowest BCUT2D eigenvalue weighted by Crippen LogP contribution is -2.29. The van der Waals surface area contributed by atoms with Crippen LogP contribution >= 0.6 is 7.82 Å². The molecule has 0 bridgehead atoms. The van der Waals surface area contributed by atoms with Gasteiger partial charge in [0.1, 0.15) is 6.61 Å². The predicted octanol–water partition coefficient (Wildman–Crippen LogP) is 14.5. The van der Waals surface area contributed by atoms with Crippen LogP contribution in [0.1, 0.15) is 232 Å². The second-order valence-corrected chi connectivity index (χ2v) is 17.8. The summed E-state index contributed by atoms with van der Waals surface area (Å²) in [6.07, 6.45) is 51.7. The lowest BCUT2D eigenvalue weighted by molar-refractivity contribution is -0.161. The highest BCUT2D eigenvalue weighted by atomic mass is 31.2. The molecule has 0 spiro atoms. The Morgan fingerprint density at radius 2 is 0.881 bits per heavy atom. The van der Waals surface area contributed by atoms with Crippen molar-refractivity contribution in [2.24, 2.45) is 5.73 Å². The highest BCUT2D eigenvalue weighted by Crippen LogP contribution is 2.43. The minimum Gasteiger partial charge on any atom is -0.462 e. The van der Waals surface area contributed by atoms with Crippen molar-refractivity contribution in [1.29, 1.82) is 0 Å². The highest BCUT2D eigenvalue weighted by Gasteiger charge is 2.26. The quantitative estimate of drug-likeness (QED) is 0.0265. The topological polar surface area (TPSA) is 134 Å². The number of nitrogens with two attached hydrogens (primary N) is 1. The normalized spacial score (nSPS) is 13.5. The number of esters is 2. The van der Waals surface area contributed by atoms with E-state index in [-0.39, 0.29) is 38.6 Å². The van der Waals surface area contributed by atoms with Gasteiger partial charge in [0.2, 0.25) is 0 Å².